The molecule has 2 aromatic rings. The minimum absolute atomic E-state index is 0.315. The molecule has 84 valence electrons. The highest BCUT2D eigenvalue weighted by molar-refractivity contribution is 9.10. The van der Waals surface area contributed by atoms with Crippen molar-refractivity contribution >= 4 is 27.3 Å². The van der Waals surface area contributed by atoms with Crippen LogP contribution in [0.3, 0.4) is 0 Å². The monoisotopic (exact) mass is 303 g/mol. The van der Waals surface area contributed by atoms with Crippen LogP contribution in [0.5, 0.6) is 10.9 Å². The molecule has 0 aliphatic rings. The van der Waals surface area contributed by atoms with Gasteiger partial charge >= 0.3 is 0 Å². The summed E-state index contributed by atoms with van der Waals surface area (Å²) >= 11 is 4.29. The highest BCUT2D eigenvalue weighted by Crippen LogP contribution is 2.27. The summed E-state index contributed by atoms with van der Waals surface area (Å²) < 4.78 is 18.9. The van der Waals surface area contributed by atoms with Crippen molar-refractivity contribution in [2.24, 2.45) is 5.73 Å². The summed E-state index contributed by atoms with van der Waals surface area (Å²) in [5.74, 6) is -0.0125. The van der Waals surface area contributed by atoms with Crippen LogP contribution in [0.2, 0.25) is 0 Å². The first-order chi connectivity index (χ1) is 7.69. The third-order valence-corrected chi connectivity index (χ3v) is 3.19. The van der Waals surface area contributed by atoms with E-state index in [2.05, 4.69) is 26.1 Å². The molecule has 2 rings (SSSR count). The number of hydrogen-bond donors (Lipinski definition) is 1. The van der Waals surface area contributed by atoms with Crippen molar-refractivity contribution in [1.82, 2.24) is 10.2 Å². The Kier molecular flexibility index (Phi) is 3.47. The predicted molar refractivity (Wildman–Crippen MR) is 62.0 cm³/mol. The van der Waals surface area contributed by atoms with E-state index in [-0.39, 0.29) is 5.82 Å². The topological polar surface area (TPSA) is 61.0 Å². The minimum Gasteiger partial charge on any atom is -0.430 e. The number of rotatable bonds is 3. The van der Waals surface area contributed by atoms with Crippen LogP contribution in [0.1, 0.15) is 5.01 Å². The lowest BCUT2D eigenvalue weighted by molar-refractivity contribution is 0.467. The number of nitrogens with zero attached hydrogens (tertiary/aromatic N) is 2. The summed E-state index contributed by atoms with van der Waals surface area (Å²) in [6, 6.07) is 4.47. The number of benzene rings is 1. The molecule has 2 N–H and O–H groups in total. The van der Waals surface area contributed by atoms with Crippen LogP contribution in [-0.2, 0) is 6.54 Å². The zero-order valence-electron chi connectivity index (χ0n) is 7.98. The first-order valence-electron chi connectivity index (χ1n) is 4.34. The normalized spacial score (nSPS) is 10.4. The van der Waals surface area contributed by atoms with E-state index >= 15 is 0 Å². The Morgan fingerprint density at radius 1 is 1.44 bits per heavy atom. The fourth-order valence-electron chi connectivity index (χ4n) is 1.00. The van der Waals surface area contributed by atoms with Crippen molar-refractivity contribution in [2.45, 2.75) is 6.54 Å². The van der Waals surface area contributed by atoms with E-state index in [1.807, 2.05) is 0 Å². The van der Waals surface area contributed by atoms with E-state index in [0.717, 1.165) is 0 Å². The smallest absolute Gasteiger partial charge is 0.299 e. The van der Waals surface area contributed by atoms with Gasteiger partial charge in [-0.2, -0.15) is 0 Å². The van der Waals surface area contributed by atoms with Gasteiger partial charge in [-0.3, -0.25) is 0 Å². The molecule has 1 aromatic heterocycles. The fourth-order valence-corrected chi connectivity index (χ4v) is 1.84. The second-order valence-electron chi connectivity index (χ2n) is 2.84. The zero-order chi connectivity index (χ0) is 11.5. The summed E-state index contributed by atoms with van der Waals surface area (Å²) in [6.07, 6.45) is 0. The Bertz CT molecular complexity index is 505. The molecule has 0 radical (unpaired) electrons. The molecule has 0 spiro atoms. The Morgan fingerprint density at radius 2 is 2.25 bits per heavy atom. The second-order valence-corrected chi connectivity index (χ2v) is 4.72. The van der Waals surface area contributed by atoms with Crippen molar-refractivity contribution in [2.75, 3.05) is 0 Å². The first kappa shape index (κ1) is 11.4. The van der Waals surface area contributed by atoms with Gasteiger partial charge in [-0.25, -0.2) is 4.39 Å². The third-order valence-electron chi connectivity index (χ3n) is 1.72. The maximum Gasteiger partial charge on any atom is 0.299 e. The summed E-state index contributed by atoms with van der Waals surface area (Å²) in [6.45, 7) is 0.315. The standard InChI is InChI=1S/C9H7BrFN3OS/c10-6-2-1-5(3-7(6)11)15-9-14-13-8(4-12)16-9/h1-3H,4,12H2. The van der Waals surface area contributed by atoms with Crippen LogP contribution in [-0.4, -0.2) is 10.2 Å². The molecule has 16 heavy (non-hydrogen) atoms. The molecule has 4 nitrogen and oxygen atoms in total. The fraction of sp³-hybridized carbons (Fsp3) is 0.111. The quantitative estimate of drug-likeness (QED) is 0.947. The van der Waals surface area contributed by atoms with Crippen LogP contribution >= 0.6 is 27.3 Å². The molecule has 0 aliphatic heterocycles. The maximum atomic E-state index is 13.2. The van der Waals surface area contributed by atoms with E-state index in [9.17, 15) is 4.39 Å². The number of halogens is 2. The highest BCUT2D eigenvalue weighted by Gasteiger charge is 2.07. The van der Waals surface area contributed by atoms with Gasteiger partial charge in [-0.15, -0.1) is 5.10 Å². The third kappa shape index (κ3) is 2.55. The molecule has 0 amide bonds. The Morgan fingerprint density at radius 3 is 2.88 bits per heavy atom. The average molecular weight is 304 g/mol. The lowest BCUT2D eigenvalue weighted by Gasteiger charge is -2.01. The van der Waals surface area contributed by atoms with E-state index in [1.165, 1.54) is 17.4 Å². The first-order valence-corrected chi connectivity index (χ1v) is 5.95. The highest BCUT2D eigenvalue weighted by atomic mass is 79.9. The molecule has 0 saturated carbocycles. The van der Waals surface area contributed by atoms with Gasteiger partial charge in [0.25, 0.3) is 5.19 Å². The molecule has 0 atom stereocenters. The summed E-state index contributed by atoms with van der Waals surface area (Å²) in [7, 11) is 0. The van der Waals surface area contributed by atoms with Crippen molar-refractivity contribution in [3.63, 3.8) is 0 Å². The van der Waals surface area contributed by atoms with E-state index in [1.54, 1.807) is 12.1 Å². The van der Waals surface area contributed by atoms with E-state index in [0.29, 0.717) is 27.0 Å². The molecule has 0 unspecified atom stereocenters. The van der Waals surface area contributed by atoms with E-state index < -0.39 is 0 Å². The van der Waals surface area contributed by atoms with Crippen LogP contribution in [0.15, 0.2) is 22.7 Å². The molecule has 0 aliphatic carbocycles. The van der Waals surface area contributed by atoms with Gasteiger partial charge in [0.05, 0.1) is 4.47 Å². The minimum atomic E-state index is -0.388. The van der Waals surface area contributed by atoms with Gasteiger partial charge < -0.3 is 10.5 Å². The van der Waals surface area contributed by atoms with Gasteiger partial charge in [0, 0.05) is 12.6 Å². The number of nitrogens with two attached hydrogens (primary N) is 1. The van der Waals surface area contributed by atoms with Gasteiger partial charge in [0.15, 0.2) is 0 Å². The number of ether oxygens (including phenoxy) is 1. The molecular weight excluding hydrogens is 297 g/mol. The van der Waals surface area contributed by atoms with Crippen molar-refractivity contribution in [1.29, 1.82) is 0 Å². The summed E-state index contributed by atoms with van der Waals surface area (Å²) in [5.41, 5.74) is 5.39. The number of hydrogen-bond acceptors (Lipinski definition) is 5. The van der Waals surface area contributed by atoms with Crippen LogP contribution < -0.4 is 10.5 Å². The van der Waals surface area contributed by atoms with Crippen LogP contribution in [0, 0.1) is 5.82 Å². The van der Waals surface area contributed by atoms with Gasteiger partial charge in [0.2, 0.25) is 0 Å². The average Bonchev–Trinajstić information content (AvgIpc) is 2.71. The lowest BCUT2D eigenvalue weighted by atomic mass is 10.3. The SMILES string of the molecule is NCc1nnc(Oc2ccc(Br)c(F)c2)s1. The molecule has 0 saturated heterocycles. The van der Waals surface area contributed by atoms with Crippen LogP contribution in [0.4, 0.5) is 4.39 Å². The van der Waals surface area contributed by atoms with Crippen LogP contribution in [0.25, 0.3) is 0 Å². The second kappa shape index (κ2) is 4.86. The molecule has 1 aromatic carbocycles. The number of aromatic nitrogens is 2. The predicted octanol–water partition coefficient (Wildman–Crippen LogP) is 2.69. The Balaban J connectivity index is 2.17. The largest absolute Gasteiger partial charge is 0.430 e. The Labute approximate surface area is 103 Å². The van der Waals surface area contributed by atoms with Crippen molar-refractivity contribution in [3.05, 3.63) is 33.5 Å². The van der Waals surface area contributed by atoms with E-state index in [4.69, 9.17) is 10.5 Å². The summed E-state index contributed by atoms with van der Waals surface area (Å²) in [5, 5.41) is 8.58. The molecule has 1 heterocycles. The van der Waals surface area contributed by atoms with Crippen molar-refractivity contribution < 1.29 is 9.13 Å². The van der Waals surface area contributed by atoms with Gasteiger partial charge in [-0.05, 0) is 28.1 Å². The molecule has 0 bridgehead atoms. The maximum absolute atomic E-state index is 13.2. The summed E-state index contributed by atoms with van der Waals surface area (Å²) in [4.78, 5) is 0. The lowest BCUT2D eigenvalue weighted by Crippen LogP contribution is -1.94. The zero-order valence-corrected chi connectivity index (χ0v) is 10.4. The Hall–Kier alpha value is -1.05. The van der Waals surface area contributed by atoms with Crippen molar-refractivity contribution in [3.8, 4) is 10.9 Å². The molecule has 0 fully saturated rings. The van der Waals surface area contributed by atoms with Gasteiger partial charge in [0.1, 0.15) is 16.6 Å². The van der Waals surface area contributed by atoms with Gasteiger partial charge in [-0.1, -0.05) is 16.4 Å². The molecular formula is C9H7BrFN3OS. The molecule has 7 heteroatoms.